The lowest BCUT2D eigenvalue weighted by atomic mass is 10.2. The van der Waals surface area contributed by atoms with Crippen molar-refractivity contribution in [2.45, 2.75) is 13.5 Å². The van der Waals surface area contributed by atoms with Crippen molar-refractivity contribution < 1.29 is 9.47 Å². The zero-order valence-corrected chi connectivity index (χ0v) is 12.0. The molecule has 1 aromatic carbocycles. The summed E-state index contributed by atoms with van der Waals surface area (Å²) in [4.78, 5) is 4.16. The molecule has 2 heterocycles. The molecule has 0 saturated carbocycles. The molecule has 1 aromatic heterocycles. The van der Waals surface area contributed by atoms with Crippen LogP contribution in [0.1, 0.15) is 11.1 Å². The minimum atomic E-state index is 0.292. The summed E-state index contributed by atoms with van der Waals surface area (Å²) in [5, 5.41) is 3.34. The van der Waals surface area contributed by atoms with E-state index in [0.717, 1.165) is 32.8 Å². The van der Waals surface area contributed by atoms with E-state index in [2.05, 4.69) is 32.3 Å². The quantitative estimate of drug-likeness (QED) is 0.940. The van der Waals surface area contributed by atoms with Crippen molar-refractivity contribution in [1.29, 1.82) is 0 Å². The van der Waals surface area contributed by atoms with Gasteiger partial charge in [-0.2, -0.15) is 0 Å². The van der Waals surface area contributed by atoms with Crippen LogP contribution < -0.4 is 14.8 Å². The highest BCUT2D eigenvalue weighted by Gasteiger charge is 2.16. The van der Waals surface area contributed by atoms with Crippen LogP contribution in [0.3, 0.4) is 0 Å². The second kappa shape index (κ2) is 5.09. The van der Waals surface area contributed by atoms with Crippen molar-refractivity contribution in [2.75, 3.05) is 12.1 Å². The number of nitrogens with one attached hydrogen (secondary N) is 1. The summed E-state index contributed by atoms with van der Waals surface area (Å²) in [5.41, 5.74) is 3.25. The monoisotopic (exact) mass is 320 g/mol. The first kappa shape index (κ1) is 12.3. The fourth-order valence-corrected chi connectivity index (χ4v) is 2.41. The average Bonchev–Trinajstić information content (AvgIpc) is 2.83. The Kier molecular flexibility index (Phi) is 3.29. The van der Waals surface area contributed by atoms with Crippen LogP contribution >= 0.6 is 15.9 Å². The molecule has 98 valence electrons. The van der Waals surface area contributed by atoms with Gasteiger partial charge in [-0.3, -0.25) is 4.98 Å². The number of halogens is 1. The molecule has 1 aliphatic heterocycles. The van der Waals surface area contributed by atoms with Gasteiger partial charge in [-0.05, 0) is 36.2 Å². The van der Waals surface area contributed by atoms with Gasteiger partial charge in [0.25, 0.3) is 0 Å². The molecule has 1 N–H and O–H groups in total. The molecule has 0 bridgehead atoms. The van der Waals surface area contributed by atoms with Gasteiger partial charge in [-0.1, -0.05) is 15.9 Å². The van der Waals surface area contributed by atoms with Crippen molar-refractivity contribution in [3.8, 4) is 11.5 Å². The molecule has 0 amide bonds. The summed E-state index contributed by atoms with van der Waals surface area (Å²) in [6.45, 7) is 3.01. The smallest absolute Gasteiger partial charge is 0.231 e. The number of fused-ring (bicyclic) bond motifs is 1. The van der Waals surface area contributed by atoms with Gasteiger partial charge in [0.1, 0.15) is 0 Å². The Morgan fingerprint density at radius 3 is 2.79 bits per heavy atom. The molecular weight excluding hydrogens is 308 g/mol. The highest BCUT2D eigenvalue weighted by atomic mass is 79.9. The molecule has 3 rings (SSSR count). The number of ether oxygens (including phenoxy) is 2. The van der Waals surface area contributed by atoms with Crippen molar-refractivity contribution in [1.82, 2.24) is 4.98 Å². The lowest BCUT2D eigenvalue weighted by Gasteiger charge is -2.09. The van der Waals surface area contributed by atoms with Crippen LogP contribution in [0.15, 0.2) is 35.1 Å². The number of rotatable bonds is 3. The molecule has 1 aliphatic rings. The van der Waals surface area contributed by atoms with Crippen LogP contribution in [-0.4, -0.2) is 11.8 Å². The number of nitrogens with zero attached hydrogens (tertiary/aromatic N) is 1. The molecule has 0 saturated heterocycles. The van der Waals surface area contributed by atoms with E-state index in [1.165, 1.54) is 0 Å². The van der Waals surface area contributed by atoms with Crippen molar-refractivity contribution >= 4 is 21.6 Å². The maximum atomic E-state index is 5.38. The van der Waals surface area contributed by atoms with Crippen molar-refractivity contribution in [2.24, 2.45) is 0 Å². The Morgan fingerprint density at radius 2 is 2.00 bits per heavy atom. The third kappa shape index (κ3) is 2.66. The predicted molar refractivity (Wildman–Crippen MR) is 76.6 cm³/mol. The number of hydrogen-bond donors (Lipinski definition) is 1. The van der Waals surface area contributed by atoms with Gasteiger partial charge < -0.3 is 14.8 Å². The van der Waals surface area contributed by atoms with E-state index >= 15 is 0 Å². The van der Waals surface area contributed by atoms with Crippen LogP contribution in [0, 0.1) is 6.92 Å². The topological polar surface area (TPSA) is 43.4 Å². The molecular formula is C14H13BrN2O2. The Morgan fingerprint density at radius 1 is 1.21 bits per heavy atom. The molecule has 0 spiro atoms. The SMILES string of the molecule is Cc1cncc(NCc2cc3c(cc2Br)OCO3)c1. The fraction of sp³-hybridized carbons (Fsp3) is 0.214. The molecule has 4 nitrogen and oxygen atoms in total. The molecule has 0 aliphatic carbocycles. The number of pyridine rings is 1. The number of hydrogen-bond acceptors (Lipinski definition) is 4. The van der Waals surface area contributed by atoms with Crippen LogP contribution in [0.25, 0.3) is 0 Å². The lowest BCUT2D eigenvalue weighted by Crippen LogP contribution is -2.01. The largest absolute Gasteiger partial charge is 0.454 e. The van der Waals surface area contributed by atoms with E-state index in [9.17, 15) is 0 Å². The number of aryl methyl sites for hydroxylation is 1. The van der Waals surface area contributed by atoms with Crippen LogP contribution in [0.2, 0.25) is 0 Å². The Balaban J connectivity index is 1.77. The standard InChI is InChI=1S/C14H13BrN2O2/c1-9-2-11(7-16-5-9)17-6-10-3-13-14(4-12(10)15)19-8-18-13/h2-5,7,17H,6,8H2,1H3. The molecule has 0 unspecified atom stereocenters. The lowest BCUT2D eigenvalue weighted by molar-refractivity contribution is 0.174. The predicted octanol–water partition coefficient (Wildman–Crippen LogP) is 3.49. The summed E-state index contributed by atoms with van der Waals surface area (Å²) in [6.07, 6.45) is 3.65. The average molecular weight is 321 g/mol. The van der Waals surface area contributed by atoms with Gasteiger partial charge in [0.15, 0.2) is 11.5 Å². The zero-order chi connectivity index (χ0) is 13.2. The maximum Gasteiger partial charge on any atom is 0.231 e. The van der Waals surface area contributed by atoms with Crippen molar-refractivity contribution in [3.63, 3.8) is 0 Å². The van der Waals surface area contributed by atoms with Gasteiger partial charge in [-0.15, -0.1) is 0 Å². The molecule has 19 heavy (non-hydrogen) atoms. The summed E-state index contributed by atoms with van der Waals surface area (Å²) in [7, 11) is 0. The summed E-state index contributed by atoms with van der Waals surface area (Å²) < 4.78 is 11.7. The first-order valence-electron chi connectivity index (χ1n) is 5.96. The van der Waals surface area contributed by atoms with E-state index in [1.54, 1.807) is 0 Å². The minimum Gasteiger partial charge on any atom is -0.454 e. The summed E-state index contributed by atoms with van der Waals surface area (Å²) >= 11 is 3.55. The molecule has 0 radical (unpaired) electrons. The Hall–Kier alpha value is -1.75. The third-order valence-electron chi connectivity index (χ3n) is 2.90. The number of anilines is 1. The molecule has 2 aromatic rings. The highest BCUT2D eigenvalue weighted by molar-refractivity contribution is 9.10. The maximum absolute atomic E-state index is 5.38. The molecule has 5 heteroatoms. The molecule has 0 fully saturated rings. The van der Waals surface area contributed by atoms with E-state index in [1.807, 2.05) is 31.5 Å². The third-order valence-corrected chi connectivity index (χ3v) is 3.64. The Labute approximate surface area is 119 Å². The fourth-order valence-electron chi connectivity index (χ4n) is 1.94. The zero-order valence-electron chi connectivity index (χ0n) is 10.4. The normalized spacial score (nSPS) is 12.5. The van der Waals surface area contributed by atoms with Gasteiger partial charge in [-0.25, -0.2) is 0 Å². The minimum absolute atomic E-state index is 0.292. The second-order valence-corrected chi connectivity index (χ2v) is 5.26. The first-order chi connectivity index (χ1) is 9.22. The number of aromatic nitrogens is 1. The van der Waals surface area contributed by atoms with Crippen LogP contribution in [0.4, 0.5) is 5.69 Å². The second-order valence-electron chi connectivity index (χ2n) is 4.40. The number of benzene rings is 1. The van der Waals surface area contributed by atoms with Gasteiger partial charge in [0.05, 0.1) is 5.69 Å². The van der Waals surface area contributed by atoms with Crippen LogP contribution in [0.5, 0.6) is 11.5 Å². The first-order valence-corrected chi connectivity index (χ1v) is 6.75. The Bertz CT molecular complexity index is 616. The van der Waals surface area contributed by atoms with E-state index < -0.39 is 0 Å². The van der Waals surface area contributed by atoms with Gasteiger partial charge >= 0.3 is 0 Å². The molecule has 0 atom stereocenters. The van der Waals surface area contributed by atoms with Crippen LogP contribution in [-0.2, 0) is 6.54 Å². The van der Waals surface area contributed by atoms with Crippen molar-refractivity contribution in [3.05, 3.63) is 46.2 Å². The van der Waals surface area contributed by atoms with Gasteiger partial charge in [0, 0.05) is 23.4 Å². The van der Waals surface area contributed by atoms with E-state index in [0.29, 0.717) is 13.3 Å². The van der Waals surface area contributed by atoms with E-state index in [4.69, 9.17) is 9.47 Å². The highest BCUT2D eigenvalue weighted by Crippen LogP contribution is 2.37. The van der Waals surface area contributed by atoms with Gasteiger partial charge in [0.2, 0.25) is 6.79 Å². The summed E-state index contributed by atoms with van der Waals surface area (Å²) in [5.74, 6) is 1.58. The van der Waals surface area contributed by atoms with E-state index in [-0.39, 0.29) is 0 Å². The summed E-state index contributed by atoms with van der Waals surface area (Å²) in [6, 6.07) is 5.99.